The number of aromatic nitrogens is 2. The number of benzene rings is 1. The second-order valence-electron chi connectivity index (χ2n) is 9.01. The summed E-state index contributed by atoms with van der Waals surface area (Å²) in [5, 5.41) is 8.13. The van der Waals surface area contributed by atoms with Crippen molar-refractivity contribution < 1.29 is 18.4 Å². The smallest absolute Gasteiger partial charge is 0.251 e. The number of amides is 1. The fraction of sp³-hybridized carbons (Fsp3) is 0.480. The van der Waals surface area contributed by atoms with E-state index < -0.39 is 0 Å². The zero-order chi connectivity index (χ0) is 22.6. The normalized spacial score (nSPS) is 17.4. The molecule has 33 heavy (non-hydrogen) atoms. The minimum Gasteiger partial charge on any atom is -0.478 e. The number of nitrogens with one attached hydrogen (secondary N) is 1. The number of pyridine rings is 1. The molecule has 0 radical (unpaired) electrons. The van der Waals surface area contributed by atoms with Crippen LogP contribution in [0.25, 0.3) is 11.0 Å². The molecule has 1 N–H and O–H groups in total. The van der Waals surface area contributed by atoms with E-state index in [4.69, 9.17) is 9.26 Å². The largest absolute Gasteiger partial charge is 0.478 e. The number of ether oxygens (including phenoxy) is 1. The van der Waals surface area contributed by atoms with Crippen LogP contribution in [0.4, 0.5) is 4.39 Å². The van der Waals surface area contributed by atoms with Gasteiger partial charge in [0, 0.05) is 41.2 Å². The highest BCUT2D eigenvalue weighted by Gasteiger charge is 2.25. The van der Waals surface area contributed by atoms with Crippen molar-refractivity contribution in [2.75, 3.05) is 26.2 Å². The SMILES string of the molecule is O=C(NC1CC1)c1ccnc(OCCCCN2CCC(c3noc4cc(F)ccc34)CC2)c1. The first kappa shape index (κ1) is 21.8. The van der Waals surface area contributed by atoms with E-state index in [1.54, 1.807) is 24.4 Å². The summed E-state index contributed by atoms with van der Waals surface area (Å²) in [4.78, 5) is 18.8. The molecule has 174 valence electrons. The van der Waals surface area contributed by atoms with Crippen molar-refractivity contribution >= 4 is 16.9 Å². The predicted octanol–water partition coefficient (Wildman–Crippen LogP) is 4.29. The van der Waals surface area contributed by atoms with Crippen LogP contribution in [0.1, 0.15) is 60.5 Å². The summed E-state index contributed by atoms with van der Waals surface area (Å²) < 4.78 is 24.5. The van der Waals surface area contributed by atoms with Gasteiger partial charge in [-0.2, -0.15) is 0 Å². The maximum Gasteiger partial charge on any atom is 0.251 e. The van der Waals surface area contributed by atoms with Crippen LogP contribution in [-0.2, 0) is 0 Å². The molecule has 1 saturated carbocycles. The second kappa shape index (κ2) is 9.87. The van der Waals surface area contributed by atoms with Gasteiger partial charge in [0.15, 0.2) is 5.58 Å². The zero-order valence-electron chi connectivity index (χ0n) is 18.6. The van der Waals surface area contributed by atoms with Crippen molar-refractivity contribution in [3.05, 3.63) is 53.6 Å². The van der Waals surface area contributed by atoms with Crippen LogP contribution in [0.3, 0.4) is 0 Å². The molecule has 8 heteroatoms. The summed E-state index contributed by atoms with van der Waals surface area (Å²) in [5.74, 6) is 0.497. The van der Waals surface area contributed by atoms with Crippen LogP contribution in [0.15, 0.2) is 41.1 Å². The number of piperidine rings is 1. The minimum atomic E-state index is -0.299. The Bertz CT molecular complexity index is 1110. The molecule has 3 heterocycles. The van der Waals surface area contributed by atoms with Crippen LogP contribution in [0.5, 0.6) is 5.88 Å². The quantitative estimate of drug-likeness (QED) is 0.488. The van der Waals surface area contributed by atoms with Crippen molar-refractivity contribution in [1.29, 1.82) is 0 Å². The van der Waals surface area contributed by atoms with Gasteiger partial charge in [0.25, 0.3) is 5.91 Å². The van der Waals surface area contributed by atoms with E-state index in [2.05, 4.69) is 20.4 Å². The van der Waals surface area contributed by atoms with Gasteiger partial charge in [-0.05, 0) is 76.4 Å². The van der Waals surface area contributed by atoms with Gasteiger partial charge < -0.3 is 19.5 Å². The summed E-state index contributed by atoms with van der Waals surface area (Å²) in [5.41, 5.74) is 2.08. The Hall–Kier alpha value is -3.00. The first-order valence-electron chi connectivity index (χ1n) is 11.8. The van der Waals surface area contributed by atoms with E-state index >= 15 is 0 Å². The standard InChI is InChI=1S/C25H29FN4O3/c26-19-3-6-21-22(16-19)33-29-24(21)17-8-12-30(13-9-17)11-1-2-14-32-23-15-18(7-10-27-23)25(31)28-20-4-5-20/h3,6-7,10,15-17,20H,1-2,4-5,8-9,11-14H2,(H,28,31). The van der Waals surface area contributed by atoms with Crippen LogP contribution >= 0.6 is 0 Å². The molecule has 1 amide bonds. The molecular weight excluding hydrogens is 423 g/mol. The molecule has 1 aliphatic heterocycles. The molecule has 0 spiro atoms. The maximum absolute atomic E-state index is 13.4. The van der Waals surface area contributed by atoms with Crippen molar-refractivity contribution in [3.63, 3.8) is 0 Å². The van der Waals surface area contributed by atoms with Crippen LogP contribution in [0, 0.1) is 5.82 Å². The first-order valence-corrected chi connectivity index (χ1v) is 11.8. The number of halogens is 1. The highest BCUT2D eigenvalue weighted by Crippen LogP contribution is 2.32. The van der Waals surface area contributed by atoms with Crippen molar-refractivity contribution in [3.8, 4) is 5.88 Å². The molecule has 0 bridgehead atoms. The number of nitrogens with zero attached hydrogens (tertiary/aromatic N) is 3. The Morgan fingerprint density at radius 1 is 1.15 bits per heavy atom. The number of hydrogen-bond donors (Lipinski definition) is 1. The molecular formula is C25H29FN4O3. The third-order valence-corrected chi connectivity index (χ3v) is 6.46. The van der Waals surface area contributed by atoms with Crippen molar-refractivity contribution in [2.45, 2.75) is 50.5 Å². The summed E-state index contributed by atoms with van der Waals surface area (Å²) in [7, 11) is 0. The fourth-order valence-corrected chi connectivity index (χ4v) is 4.40. The van der Waals surface area contributed by atoms with Gasteiger partial charge in [0.2, 0.25) is 5.88 Å². The minimum absolute atomic E-state index is 0.0565. The molecule has 5 rings (SSSR count). The monoisotopic (exact) mass is 452 g/mol. The fourth-order valence-electron chi connectivity index (χ4n) is 4.40. The van der Waals surface area contributed by atoms with Gasteiger partial charge in [-0.15, -0.1) is 0 Å². The summed E-state index contributed by atoms with van der Waals surface area (Å²) in [6.45, 7) is 3.64. The molecule has 1 saturated heterocycles. The summed E-state index contributed by atoms with van der Waals surface area (Å²) in [6, 6.07) is 8.40. The Morgan fingerprint density at radius 2 is 2.00 bits per heavy atom. The van der Waals surface area contributed by atoms with E-state index in [9.17, 15) is 9.18 Å². The summed E-state index contributed by atoms with van der Waals surface area (Å²) in [6.07, 6.45) is 7.77. The number of likely N-dealkylation sites (tertiary alicyclic amines) is 1. The van der Waals surface area contributed by atoms with Crippen LogP contribution in [0.2, 0.25) is 0 Å². The van der Waals surface area contributed by atoms with Crippen LogP contribution in [-0.4, -0.2) is 53.2 Å². The number of fused-ring (bicyclic) bond motifs is 1. The molecule has 7 nitrogen and oxygen atoms in total. The topological polar surface area (TPSA) is 80.5 Å². The third-order valence-electron chi connectivity index (χ3n) is 6.46. The lowest BCUT2D eigenvalue weighted by Gasteiger charge is -2.31. The average Bonchev–Trinajstić information content (AvgIpc) is 3.55. The van der Waals surface area contributed by atoms with Crippen molar-refractivity contribution in [1.82, 2.24) is 20.4 Å². The number of carbonyl (C=O) groups excluding carboxylic acids is 1. The van der Waals surface area contributed by atoms with Crippen molar-refractivity contribution in [2.24, 2.45) is 0 Å². The highest BCUT2D eigenvalue weighted by molar-refractivity contribution is 5.94. The van der Waals surface area contributed by atoms with Gasteiger partial charge in [-0.25, -0.2) is 9.37 Å². The molecule has 1 aromatic carbocycles. The lowest BCUT2D eigenvalue weighted by Crippen LogP contribution is -2.34. The van der Waals surface area contributed by atoms with Crippen LogP contribution < -0.4 is 10.1 Å². The van der Waals surface area contributed by atoms with Gasteiger partial charge >= 0.3 is 0 Å². The lowest BCUT2D eigenvalue weighted by molar-refractivity contribution is 0.0950. The average molecular weight is 453 g/mol. The molecule has 0 unspecified atom stereocenters. The number of hydrogen-bond acceptors (Lipinski definition) is 6. The Morgan fingerprint density at radius 3 is 2.82 bits per heavy atom. The van der Waals surface area contributed by atoms with Gasteiger partial charge in [-0.3, -0.25) is 4.79 Å². The lowest BCUT2D eigenvalue weighted by atomic mass is 9.91. The zero-order valence-corrected chi connectivity index (χ0v) is 18.6. The Balaban J connectivity index is 1.02. The van der Waals surface area contributed by atoms with Gasteiger partial charge in [0.05, 0.1) is 12.3 Å². The van der Waals surface area contributed by atoms with E-state index in [0.29, 0.717) is 35.6 Å². The van der Waals surface area contributed by atoms with E-state index in [1.807, 2.05) is 0 Å². The molecule has 0 atom stereocenters. The Labute approximate surface area is 192 Å². The molecule has 2 aliphatic rings. The third kappa shape index (κ3) is 5.50. The van der Waals surface area contributed by atoms with E-state index in [1.165, 1.54) is 12.1 Å². The number of unbranched alkanes of at least 4 members (excludes halogenated alkanes) is 1. The molecule has 1 aliphatic carbocycles. The van der Waals surface area contributed by atoms with Gasteiger partial charge in [-0.1, -0.05) is 5.16 Å². The molecule has 2 aromatic heterocycles. The van der Waals surface area contributed by atoms with Gasteiger partial charge in [0.1, 0.15) is 5.82 Å². The summed E-state index contributed by atoms with van der Waals surface area (Å²) >= 11 is 0. The predicted molar refractivity (Wildman–Crippen MR) is 122 cm³/mol. The molecule has 3 aromatic rings. The Kier molecular flexibility index (Phi) is 6.53. The number of carbonyl (C=O) groups is 1. The first-order chi connectivity index (χ1) is 16.2. The van der Waals surface area contributed by atoms with E-state index in [0.717, 1.165) is 69.2 Å². The highest BCUT2D eigenvalue weighted by atomic mass is 19.1. The number of rotatable bonds is 9. The molecule has 2 fully saturated rings. The second-order valence-corrected chi connectivity index (χ2v) is 9.01. The maximum atomic E-state index is 13.4. The van der Waals surface area contributed by atoms with E-state index in [-0.39, 0.29) is 11.7 Å².